The van der Waals surface area contributed by atoms with Crippen molar-refractivity contribution in [2.75, 3.05) is 13.7 Å². The number of urea groups is 1. The van der Waals surface area contributed by atoms with Crippen LogP contribution in [0.1, 0.15) is 20.8 Å². The molecule has 0 aromatic carbocycles. The minimum atomic E-state index is -1.13. The third-order valence-electron chi connectivity index (χ3n) is 2.25. The van der Waals surface area contributed by atoms with Crippen LogP contribution in [0.15, 0.2) is 0 Å². The van der Waals surface area contributed by atoms with Crippen molar-refractivity contribution in [3.63, 3.8) is 0 Å². The molecule has 0 bridgehead atoms. The molecule has 0 aliphatic carbocycles. The third-order valence-corrected chi connectivity index (χ3v) is 2.25. The quantitative estimate of drug-likeness (QED) is 0.665. The molecule has 15 heavy (non-hydrogen) atoms. The molecular formula is C9H18N2O4. The van der Waals surface area contributed by atoms with Crippen LogP contribution >= 0.6 is 0 Å². The van der Waals surface area contributed by atoms with Crippen molar-refractivity contribution in [2.24, 2.45) is 5.92 Å². The highest BCUT2D eigenvalue weighted by Gasteiger charge is 2.18. The van der Waals surface area contributed by atoms with Crippen molar-refractivity contribution in [2.45, 2.75) is 26.8 Å². The highest BCUT2D eigenvalue weighted by Crippen LogP contribution is 2.07. The average molecular weight is 218 g/mol. The average Bonchev–Trinajstić information content (AvgIpc) is 2.14. The molecule has 0 aliphatic rings. The van der Waals surface area contributed by atoms with Crippen LogP contribution in [0.5, 0.6) is 0 Å². The molecule has 0 spiro atoms. The van der Waals surface area contributed by atoms with E-state index in [0.717, 1.165) is 0 Å². The summed E-state index contributed by atoms with van der Waals surface area (Å²) in [6.45, 7) is 5.34. The van der Waals surface area contributed by atoms with Gasteiger partial charge in [-0.3, -0.25) is 4.84 Å². The van der Waals surface area contributed by atoms with E-state index < -0.39 is 18.6 Å². The van der Waals surface area contributed by atoms with Gasteiger partial charge in [-0.25, -0.2) is 15.1 Å². The molecule has 0 heterocycles. The maximum Gasteiger partial charge on any atom is 0.341 e. The van der Waals surface area contributed by atoms with E-state index in [1.807, 2.05) is 20.8 Å². The maximum absolute atomic E-state index is 11.4. The van der Waals surface area contributed by atoms with E-state index in [9.17, 15) is 9.59 Å². The first-order valence-electron chi connectivity index (χ1n) is 4.72. The first kappa shape index (κ1) is 13.7. The lowest BCUT2D eigenvalue weighted by Gasteiger charge is -2.27. The molecule has 0 radical (unpaired) electrons. The lowest BCUT2D eigenvalue weighted by atomic mass is 10.1. The van der Waals surface area contributed by atoms with Crippen LogP contribution in [0.25, 0.3) is 0 Å². The van der Waals surface area contributed by atoms with Gasteiger partial charge in [0.25, 0.3) is 0 Å². The third kappa shape index (κ3) is 5.21. The van der Waals surface area contributed by atoms with Crippen molar-refractivity contribution < 1.29 is 19.5 Å². The molecule has 0 aromatic heterocycles. The Morgan fingerprint density at radius 3 is 2.33 bits per heavy atom. The van der Waals surface area contributed by atoms with Gasteiger partial charge in [-0.1, -0.05) is 13.8 Å². The van der Waals surface area contributed by atoms with E-state index in [0.29, 0.717) is 5.92 Å². The summed E-state index contributed by atoms with van der Waals surface area (Å²) in [6.07, 6.45) is 0. The van der Waals surface area contributed by atoms with Crippen molar-refractivity contribution in [1.29, 1.82) is 0 Å². The van der Waals surface area contributed by atoms with Gasteiger partial charge in [0.05, 0.1) is 0 Å². The number of hydrogen-bond donors (Lipinski definition) is 2. The second-order valence-corrected chi connectivity index (χ2v) is 3.69. The molecule has 2 N–H and O–H groups in total. The molecule has 1 atom stereocenters. The number of amides is 2. The summed E-state index contributed by atoms with van der Waals surface area (Å²) in [7, 11) is 1.63. The van der Waals surface area contributed by atoms with Gasteiger partial charge in [0.2, 0.25) is 0 Å². The second kappa shape index (κ2) is 6.23. The Bertz CT molecular complexity index is 230. The van der Waals surface area contributed by atoms with E-state index in [4.69, 9.17) is 5.11 Å². The molecule has 6 nitrogen and oxygen atoms in total. The van der Waals surface area contributed by atoms with Crippen LogP contribution in [0.3, 0.4) is 0 Å². The predicted molar refractivity (Wildman–Crippen MR) is 54.2 cm³/mol. The SMILES string of the molecule is CC(C)C(C)N(C)C(=O)NOCC(=O)O. The van der Waals surface area contributed by atoms with Gasteiger partial charge in [0.15, 0.2) is 6.61 Å². The molecule has 0 fully saturated rings. The lowest BCUT2D eigenvalue weighted by molar-refractivity contribution is -0.144. The zero-order chi connectivity index (χ0) is 12.0. The first-order valence-corrected chi connectivity index (χ1v) is 4.72. The molecule has 2 amide bonds. The molecular weight excluding hydrogens is 200 g/mol. The predicted octanol–water partition coefficient (Wildman–Crippen LogP) is 0.688. The number of nitrogens with zero attached hydrogens (tertiary/aromatic N) is 1. The maximum atomic E-state index is 11.4. The summed E-state index contributed by atoms with van der Waals surface area (Å²) in [5, 5.41) is 8.27. The van der Waals surface area contributed by atoms with Gasteiger partial charge < -0.3 is 10.0 Å². The van der Waals surface area contributed by atoms with Gasteiger partial charge >= 0.3 is 12.0 Å². The highest BCUT2D eigenvalue weighted by atomic mass is 16.7. The van der Waals surface area contributed by atoms with Crippen LogP contribution in [-0.2, 0) is 9.63 Å². The Morgan fingerprint density at radius 1 is 1.40 bits per heavy atom. The van der Waals surface area contributed by atoms with Crippen LogP contribution in [0, 0.1) is 5.92 Å². The van der Waals surface area contributed by atoms with E-state index in [1.165, 1.54) is 4.90 Å². The number of carbonyl (C=O) groups is 2. The number of hydrogen-bond acceptors (Lipinski definition) is 3. The Balaban J connectivity index is 3.94. The van der Waals surface area contributed by atoms with Crippen LogP contribution < -0.4 is 5.48 Å². The minimum Gasteiger partial charge on any atom is -0.479 e. The Kier molecular flexibility index (Phi) is 5.69. The zero-order valence-corrected chi connectivity index (χ0v) is 9.48. The van der Waals surface area contributed by atoms with Gasteiger partial charge in [-0.15, -0.1) is 0 Å². The van der Waals surface area contributed by atoms with Gasteiger partial charge in [0.1, 0.15) is 0 Å². The molecule has 88 valence electrons. The normalized spacial score (nSPS) is 12.3. The number of carboxylic acid groups (broad SMARTS) is 1. The van der Waals surface area contributed by atoms with Crippen LogP contribution in [0.2, 0.25) is 0 Å². The Labute approximate surface area is 89.2 Å². The molecule has 0 saturated carbocycles. The molecule has 1 unspecified atom stereocenters. The summed E-state index contributed by atoms with van der Waals surface area (Å²) in [5.74, 6) is -0.810. The monoisotopic (exact) mass is 218 g/mol. The van der Waals surface area contributed by atoms with E-state index in [1.54, 1.807) is 7.05 Å². The number of hydroxylamine groups is 1. The van der Waals surface area contributed by atoms with Gasteiger partial charge in [0, 0.05) is 13.1 Å². The van der Waals surface area contributed by atoms with Crippen molar-refractivity contribution >= 4 is 12.0 Å². The van der Waals surface area contributed by atoms with Gasteiger partial charge in [-0.05, 0) is 12.8 Å². The smallest absolute Gasteiger partial charge is 0.341 e. The van der Waals surface area contributed by atoms with Crippen molar-refractivity contribution in [3.8, 4) is 0 Å². The number of nitrogens with one attached hydrogen (secondary N) is 1. The number of carboxylic acids is 1. The summed E-state index contributed by atoms with van der Waals surface area (Å²) in [5.41, 5.74) is 2.06. The van der Waals surface area contributed by atoms with Crippen molar-refractivity contribution in [3.05, 3.63) is 0 Å². The number of carbonyl (C=O) groups excluding carboxylic acids is 1. The summed E-state index contributed by atoms with van der Waals surface area (Å²) < 4.78 is 0. The first-order chi connectivity index (χ1) is 6.86. The fourth-order valence-electron chi connectivity index (χ4n) is 0.864. The van der Waals surface area contributed by atoms with E-state index in [2.05, 4.69) is 10.3 Å². The zero-order valence-electron chi connectivity index (χ0n) is 9.48. The molecule has 0 rings (SSSR count). The van der Waals surface area contributed by atoms with Gasteiger partial charge in [-0.2, -0.15) is 0 Å². The summed E-state index contributed by atoms with van der Waals surface area (Å²) >= 11 is 0. The molecule has 0 aliphatic heterocycles. The summed E-state index contributed by atoms with van der Waals surface area (Å²) in [6, 6.07) is -0.393. The highest BCUT2D eigenvalue weighted by molar-refractivity contribution is 5.73. The Hall–Kier alpha value is -1.30. The van der Waals surface area contributed by atoms with Crippen LogP contribution in [-0.4, -0.2) is 41.7 Å². The Morgan fingerprint density at radius 2 is 1.93 bits per heavy atom. The van der Waals surface area contributed by atoms with E-state index >= 15 is 0 Å². The topological polar surface area (TPSA) is 78.9 Å². The lowest BCUT2D eigenvalue weighted by Crippen LogP contribution is -2.44. The van der Waals surface area contributed by atoms with E-state index in [-0.39, 0.29) is 6.04 Å². The number of rotatable bonds is 5. The fraction of sp³-hybridized carbons (Fsp3) is 0.778. The summed E-state index contributed by atoms with van der Waals surface area (Å²) in [4.78, 5) is 27.4. The largest absolute Gasteiger partial charge is 0.479 e. The number of aliphatic carboxylic acids is 1. The molecule has 0 aromatic rings. The minimum absolute atomic E-state index is 0.0541. The second-order valence-electron chi connectivity index (χ2n) is 3.69. The molecule has 0 saturated heterocycles. The fourth-order valence-corrected chi connectivity index (χ4v) is 0.864. The standard InChI is InChI=1S/C9H18N2O4/c1-6(2)7(3)11(4)9(14)10-15-5-8(12)13/h6-7H,5H2,1-4H3,(H,10,14)(H,12,13). The molecule has 6 heteroatoms. The van der Waals surface area contributed by atoms with Crippen molar-refractivity contribution in [1.82, 2.24) is 10.4 Å². The van der Waals surface area contributed by atoms with Crippen LogP contribution in [0.4, 0.5) is 4.79 Å².